The summed E-state index contributed by atoms with van der Waals surface area (Å²) in [7, 11) is 0. The maximum absolute atomic E-state index is 11.7. The first-order valence-corrected chi connectivity index (χ1v) is 9.25. The number of esters is 3. The van der Waals surface area contributed by atoms with E-state index in [1.165, 1.54) is 13.8 Å². The summed E-state index contributed by atoms with van der Waals surface area (Å²) in [5.74, 6) is -3.56. The molecular weight excluding hydrogens is 406 g/mol. The predicted octanol–water partition coefficient (Wildman–Crippen LogP) is -0.476. The van der Waals surface area contributed by atoms with E-state index in [0.29, 0.717) is 0 Å². The van der Waals surface area contributed by atoms with Gasteiger partial charge in [0.1, 0.15) is 18.8 Å². The molecule has 0 bridgehead atoms. The van der Waals surface area contributed by atoms with Gasteiger partial charge in [-0.3, -0.25) is 24.0 Å². The first-order chi connectivity index (χ1) is 14.0. The number of hydrogen-bond donors (Lipinski definition) is 2. The van der Waals surface area contributed by atoms with Crippen molar-refractivity contribution in [3.63, 3.8) is 0 Å². The third-order valence-electron chi connectivity index (χ3n) is 3.89. The van der Waals surface area contributed by atoms with E-state index in [1.54, 1.807) is 0 Å². The van der Waals surface area contributed by atoms with Gasteiger partial charge in [-0.1, -0.05) is 0 Å². The Hall–Kier alpha value is -2.73. The van der Waals surface area contributed by atoms with Gasteiger partial charge < -0.3 is 34.1 Å². The molecule has 12 nitrogen and oxygen atoms in total. The van der Waals surface area contributed by atoms with Crippen LogP contribution >= 0.6 is 0 Å². The zero-order valence-corrected chi connectivity index (χ0v) is 17.2. The lowest BCUT2D eigenvalue weighted by Gasteiger charge is -2.44. The molecule has 170 valence electrons. The highest BCUT2D eigenvalue weighted by Gasteiger charge is 2.51. The molecule has 0 aromatic rings. The monoisotopic (exact) mass is 433 g/mol. The van der Waals surface area contributed by atoms with E-state index in [1.807, 2.05) is 0 Å². The highest BCUT2D eigenvalue weighted by atomic mass is 16.7. The predicted molar refractivity (Wildman–Crippen MR) is 96.8 cm³/mol. The Morgan fingerprint density at radius 2 is 1.53 bits per heavy atom. The van der Waals surface area contributed by atoms with E-state index in [2.05, 4.69) is 5.32 Å². The zero-order valence-electron chi connectivity index (χ0n) is 17.2. The summed E-state index contributed by atoms with van der Waals surface area (Å²) >= 11 is 0. The van der Waals surface area contributed by atoms with Crippen LogP contribution in [0.4, 0.5) is 0 Å². The molecule has 0 unspecified atom stereocenters. The van der Waals surface area contributed by atoms with Crippen LogP contribution in [0.1, 0.15) is 40.5 Å². The second kappa shape index (κ2) is 12.1. The van der Waals surface area contributed by atoms with Crippen molar-refractivity contribution in [1.29, 1.82) is 0 Å². The number of amides is 1. The summed E-state index contributed by atoms with van der Waals surface area (Å²) in [6, 6.07) is -1.07. The number of rotatable bonds is 10. The number of hydrogen-bond acceptors (Lipinski definition) is 10. The molecular formula is C18H27NO11. The molecule has 1 aliphatic rings. The third-order valence-corrected chi connectivity index (χ3v) is 3.89. The molecule has 5 atom stereocenters. The molecule has 0 spiro atoms. The molecule has 2 N–H and O–H groups in total. The van der Waals surface area contributed by atoms with Crippen molar-refractivity contribution in [1.82, 2.24) is 5.32 Å². The average Bonchev–Trinajstić information content (AvgIpc) is 2.60. The van der Waals surface area contributed by atoms with Gasteiger partial charge in [0.2, 0.25) is 5.91 Å². The van der Waals surface area contributed by atoms with Crippen molar-refractivity contribution in [3.8, 4) is 0 Å². The standard InChI is InChI=1S/C18H27NO11/c1-9(20)19-15-17(29-12(4)23)16(28-11(3)22)13(8-27-10(2)21)30-18(15)26-7-5-6-14(24)25/h13,15-18H,5-8H2,1-4H3,(H,19,20)(H,24,25)/t13-,15-,16+,17-,18-/m0/s1. The topological polar surface area (TPSA) is 164 Å². The van der Waals surface area contributed by atoms with Gasteiger partial charge in [-0.25, -0.2) is 0 Å². The summed E-state index contributed by atoms with van der Waals surface area (Å²) in [5.41, 5.74) is 0. The Morgan fingerprint density at radius 3 is 2.03 bits per heavy atom. The highest BCUT2D eigenvalue weighted by molar-refractivity contribution is 5.73. The first-order valence-electron chi connectivity index (χ1n) is 9.25. The van der Waals surface area contributed by atoms with E-state index in [-0.39, 0.29) is 26.1 Å². The van der Waals surface area contributed by atoms with Crippen molar-refractivity contribution in [2.75, 3.05) is 13.2 Å². The molecule has 1 saturated heterocycles. The van der Waals surface area contributed by atoms with Gasteiger partial charge in [0, 0.05) is 34.1 Å². The zero-order chi connectivity index (χ0) is 22.8. The Kier molecular flexibility index (Phi) is 10.2. The van der Waals surface area contributed by atoms with Crippen LogP contribution in [-0.2, 0) is 47.7 Å². The second-order valence-corrected chi connectivity index (χ2v) is 6.59. The summed E-state index contributed by atoms with van der Waals surface area (Å²) in [5, 5.41) is 11.3. The number of ether oxygens (including phenoxy) is 5. The SMILES string of the molecule is CC(=O)N[C@@H]1[C@@H](OCCCC(=O)O)O[C@@H](COC(C)=O)[C@@H](OC(C)=O)[C@H]1OC(C)=O. The Balaban J connectivity index is 3.17. The molecule has 0 saturated carbocycles. The molecule has 1 fully saturated rings. The highest BCUT2D eigenvalue weighted by Crippen LogP contribution is 2.28. The molecule has 12 heteroatoms. The maximum atomic E-state index is 11.7. The maximum Gasteiger partial charge on any atom is 0.303 e. The van der Waals surface area contributed by atoms with Gasteiger partial charge in [-0.2, -0.15) is 0 Å². The minimum atomic E-state index is -1.21. The van der Waals surface area contributed by atoms with Gasteiger partial charge in [-0.05, 0) is 6.42 Å². The number of nitrogens with one attached hydrogen (secondary N) is 1. The van der Waals surface area contributed by atoms with Gasteiger partial charge in [0.25, 0.3) is 0 Å². The summed E-state index contributed by atoms with van der Waals surface area (Å²) < 4.78 is 26.8. The first kappa shape index (κ1) is 25.3. The third kappa shape index (κ3) is 8.74. The van der Waals surface area contributed by atoms with Crippen molar-refractivity contribution >= 4 is 29.8 Å². The number of carboxylic acid groups (broad SMARTS) is 1. The molecule has 0 aromatic heterocycles. The number of carbonyl (C=O) groups excluding carboxylic acids is 4. The van der Waals surface area contributed by atoms with Gasteiger partial charge in [0.15, 0.2) is 18.5 Å². The quantitative estimate of drug-likeness (QED) is 0.260. The molecule has 0 radical (unpaired) electrons. The lowest BCUT2D eigenvalue weighted by atomic mass is 9.96. The minimum Gasteiger partial charge on any atom is -0.481 e. The van der Waals surface area contributed by atoms with Crippen LogP contribution in [-0.4, -0.2) is 78.7 Å². The van der Waals surface area contributed by atoms with E-state index < -0.39 is 60.4 Å². The Labute approximate surface area is 173 Å². The molecule has 0 aliphatic carbocycles. The Bertz CT molecular complexity index is 650. The number of aliphatic carboxylic acids is 1. The van der Waals surface area contributed by atoms with Crippen molar-refractivity contribution < 1.29 is 52.8 Å². The van der Waals surface area contributed by atoms with Gasteiger partial charge >= 0.3 is 23.9 Å². The molecule has 0 aromatic carbocycles. The molecule has 1 aliphatic heterocycles. The van der Waals surface area contributed by atoms with Gasteiger partial charge in [0.05, 0.1) is 6.61 Å². The van der Waals surface area contributed by atoms with Crippen LogP contribution in [0.2, 0.25) is 0 Å². The largest absolute Gasteiger partial charge is 0.481 e. The van der Waals surface area contributed by atoms with Crippen LogP contribution < -0.4 is 5.32 Å². The van der Waals surface area contributed by atoms with Crippen molar-refractivity contribution in [3.05, 3.63) is 0 Å². The second-order valence-electron chi connectivity index (χ2n) is 6.59. The summed E-state index contributed by atoms with van der Waals surface area (Å²) in [6.45, 7) is 4.28. The van der Waals surface area contributed by atoms with Crippen molar-refractivity contribution in [2.24, 2.45) is 0 Å². The summed E-state index contributed by atoms with van der Waals surface area (Å²) in [6.07, 6.45) is -4.69. The fraction of sp³-hybridized carbons (Fsp3) is 0.722. The van der Waals surface area contributed by atoms with Gasteiger partial charge in [-0.15, -0.1) is 0 Å². The lowest BCUT2D eigenvalue weighted by molar-refractivity contribution is -0.277. The lowest BCUT2D eigenvalue weighted by Crippen LogP contribution is -2.66. The fourth-order valence-electron chi connectivity index (χ4n) is 2.86. The van der Waals surface area contributed by atoms with Crippen LogP contribution in [0.25, 0.3) is 0 Å². The average molecular weight is 433 g/mol. The van der Waals surface area contributed by atoms with Crippen LogP contribution in [0.3, 0.4) is 0 Å². The fourth-order valence-corrected chi connectivity index (χ4v) is 2.86. The normalized spacial score (nSPS) is 25.7. The number of carboxylic acids is 1. The molecule has 1 amide bonds. The van der Waals surface area contributed by atoms with E-state index in [9.17, 15) is 24.0 Å². The van der Waals surface area contributed by atoms with E-state index in [4.69, 9.17) is 28.8 Å². The molecule has 1 rings (SSSR count). The Morgan fingerprint density at radius 1 is 0.933 bits per heavy atom. The van der Waals surface area contributed by atoms with E-state index >= 15 is 0 Å². The van der Waals surface area contributed by atoms with Crippen LogP contribution in [0.5, 0.6) is 0 Å². The molecule has 1 heterocycles. The summed E-state index contributed by atoms with van der Waals surface area (Å²) in [4.78, 5) is 56.9. The van der Waals surface area contributed by atoms with E-state index in [0.717, 1.165) is 13.8 Å². The van der Waals surface area contributed by atoms with Crippen LogP contribution in [0, 0.1) is 0 Å². The van der Waals surface area contributed by atoms with Crippen LogP contribution in [0.15, 0.2) is 0 Å². The minimum absolute atomic E-state index is 0.0433. The smallest absolute Gasteiger partial charge is 0.303 e. The number of carbonyl (C=O) groups is 5. The van der Waals surface area contributed by atoms with Crippen molar-refractivity contribution in [2.45, 2.75) is 71.2 Å². The molecule has 30 heavy (non-hydrogen) atoms.